The number of hydrogen-bond donors (Lipinski definition) is 4. The number of hydrogen-bond acceptors (Lipinski definition) is 11. The topological polar surface area (TPSA) is 208 Å². The van der Waals surface area contributed by atoms with Crippen molar-refractivity contribution in [3.05, 3.63) is 87.2 Å². The Hall–Kier alpha value is -4.21. The van der Waals surface area contributed by atoms with Gasteiger partial charge in [-0.3, -0.25) is 25.7 Å². The van der Waals surface area contributed by atoms with Crippen LogP contribution in [0.1, 0.15) is 0 Å². The number of aromatic nitrogens is 2. The zero-order valence-corrected chi connectivity index (χ0v) is 16.4. The lowest BCUT2D eigenvalue weighted by atomic mass is 10.4. The fraction of sp³-hybridized carbons (Fsp3) is 0. The van der Waals surface area contributed by atoms with E-state index in [1.54, 1.807) is 18.2 Å². The number of anilines is 2. The summed E-state index contributed by atoms with van der Waals surface area (Å²) in [6.45, 7) is 0. The summed E-state index contributed by atoms with van der Waals surface area (Å²) in [6, 6.07) is 13.0. The molecule has 0 atom stereocenters. The Balaban J connectivity index is 0.000000262. The number of nitrogen functional groups attached to an aromatic ring is 1. The Morgan fingerprint density at radius 2 is 1.32 bits per heavy atom. The van der Waals surface area contributed by atoms with Crippen LogP contribution in [0.25, 0.3) is 0 Å². The van der Waals surface area contributed by atoms with E-state index in [-0.39, 0.29) is 22.1 Å². The zero-order chi connectivity index (χ0) is 22.9. The van der Waals surface area contributed by atoms with E-state index in [1.807, 2.05) is 0 Å². The Kier molecular flexibility index (Phi) is 7.84. The van der Waals surface area contributed by atoms with Crippen LogP contribution in [0, 0.1) is 20.2 Å². The van der Waals surface area contributed by atoms with Crippen LogP contribution in [-0.2, 0) is 10.0 Å². The van der Waals surface area contributed by atoms with Crippen LogP contribution in [0.15, 0.2) is 71.9 Å². The molecule has 1 aromatic carbocycles. The lowest BCUT2D eigenvalue weighted by molar-refractivity contribution is -0.385. The summed E-state index contributed by atoms with van der Waals surface area (Å²) in [6.07, 6.45) is 2.16. The van der Waals surface area contributed by atoms with E-state index in [2.05, 4.69) is 25.7 Å². The zero-order valence-electron chi connectivity index (χ0n) is 15.6. The SMILES string of the molecule is NNc1ccc([N+](=O)[O-])cn1.O=[N+]([O-])c1ccc(NNS(=O)(=O)c2ccccc2)nc1. The predicted octanol–water partition coefficient (Wildman–Crippen LogP) is 1.57. The maximum Gasteiger partial charge on any atom is 0.287 e. The molecule has 31 heavy (non-hydrogen) atoms. The minimum Gasteiger partial charge on any atom is -0.308 e. The second-order valence-electron chi connectivity index (χ2n) is 5.51. The highest BCUT2D eigenvalue weighted by Gasteiger charge is 2.13. The van der Waals surface area contributed by atoms with Crippen LogP contribution >= 0.6 is 0 Å². The molecule has 3 aromatic rings. The van der Waals surface area contributed by atoms with Crippen molar-refractivity contribution < 1.29 is 18.3 Å². The molecule has 5 N–H and O–H groups in total. The van der Waals surface area contributed by atoms with Gasteiger partial charge in [0.05, 0.1) is 14.7 Å². The number of nitrogens with two attached hydrogens (primary N) is 1. The molecule has 0 aliphatic carbocycles. The van der Waals surface area contributed by atoms with Gasteiger partial charge in [0.2, 0.25) is 0 Å². The molecule has 15 heteroatoms. The van der Waals surface area contributed by atoms with Gasteiger partial charge in [-0.25, -0.2) is 24.2 Å². The minimum absolute atomic E-state index is 0.0519. The van der Waals surface area contributed by atoms with Crippen LogP contribution in [0.5, 0.6) is 0 Å². The van der Waals surface area contributed by atoms with Gasteiger partial charge in [-0.1, -0.05) is 18.2 Å². The van der Waals surface area contributed by atoms with Crippen LogP contribution in [0.3, 0.4) is 0 Å². The number of pyridine rings is 2. The Morgan fingerprint density at radius 3 is 1.74 bits per heavy atom. The third-order valence-electron chi connectivity index (χ3n) is 3.43. The molecule has 0 aliphatic heterocycles. The number of rotatable bonds is 7. The van der Waals surface area contributed by atoms with Gasteiger partial charge in [0.1, 0.15) is 24.0 Å². The minimum atomic E-state index is -3.72. The van der Waals surface area contributed by atoms with Gasteiger partial charge in [-0.15, -0.1) is 4.83 Å². The van der Waals surface area contributed by atoms with E-state index in [4.69, 9.17) is 5.84 Å². The molecule has 0 fully saturated rings. The summed E-state index contributed by atoms with van der Waals surface area (Å²) in [5.74, 6) is 5.54. The molecular weight excluding hydrogens is 432 g/mol. The highest BCUT2D eigenvalue weighted by Crippen LogP contribution is 2.12. The molecule has 0 saturated carbocycles. The highest BCUT2D eigenvalue weighted by atomic mass is 32.2. The summed E-state index contributed by atoms with van der Waals surface area (Å²) in [7, 11) is -3.72. The normalized spacial score (nSPS) is 10.4. The standard InChI is InChI=1S/C11H10N4O4S.C5H6N4O2/c16-15(17)9-6-7-11(12-8-9)13-14-20(18,19)10-4-2-1-3-5-10;6-8-5-2-1-4(3-7-5)9(10)11/h1-8,14H,(H,12,13);1-3H,6H2,(H,7,8). The van der Waals surface area contributed by atoms with Crippen molar-refractivity contribution in [2.24, 2.45) is 5.84 Å². The summed E-state index contributed by atoms with van der Waals surface area (Å²) in [5, 5.41) is 20.6. The molecule has 0 radical (unpaired) electrons. The molecule has 0 spiro atoms. The molecule has 0 bridgehead atoms. The molecule has 2 aromatic heterocycles. The van der Waals surface area contributed by atoms with E-state index < -0.39 is 19.9 Å². The van der Waals surface area contributed by atoms with Crippen LogP contribution < -0.4 is 21.5 Å². The van der Waals surface area contributed by atoms with Crippen LogP contribution in [-0.4, -0.2) is 28.2 Å². The lowest BCUT2D eigenvalue weighted by Crippen LogP contribution is -2.29. The maximum absolute atomic E-state index is 11.9. The molecule has 3 rings (SSSR count). The molecule has 14 nitrogen and oxygen atoms in total. The molecule has 0 amide bonds. The number of sulfonamides is 1. The Morgan fingerprint density at radius 1 is 0.806 bits per heavy atom. The quantitative estimate of drug-likeness (QED) is 0.231. The van der Waals surface area contributed by atoms with E-state index in [0.717, 1.165) is 12.4 Å². The van der Waals surface area contributed by atoms with Gasteiger partial charge < -0.3 is 5.43 Å². The van der Waals surface area contributed by atoms with Crippen molar-refractivity contribution in [1.82, 2.24) is 14.8 Å². The monoisotopic (exact) mass is 448 g/mol. The molecule has 0 saturated heterocycles. The molecule has 162 valence electrons. The van der Waals surface area contributed by atoms with Crippen molar-refractivity contribution in [3.63, 3.8) is 0 Å². The van der Waals surface area contributed by atoms with Gasteiger partial charge in [0.25, 0.3) is 21.4 Å². The highest BCUT2D eigenvalue weighted by molar-refractivity contribution is 7.89. The van der Waals surface area contributed by atoms with Crippen molar-refractivity contribution in [3.8, 4) is 0 Å². The second-order valence-corrected chi connectivity index (χ2v) is 7.19. The first-order valence-electron chi connectivity index (χ1n) is 8.23. The van der Waals surface area contributed by atoms with Gasteiger partial charge in [0, 0.05) is 12.1 Å². The average molecular weight is 448 g/mol. The molecule has 0 aliphatic rings. The Bertz CT molecular complexity index is 1130. The fourth-order valence-corrected chi connectivity index (χ4v) is 2.80. The third kappa shape index (κ3) is 6.96. The number of benzene rings is 1. The maximum atomic E-state index is 11.9. The Labute approximate surface area is 175 Å². The first-order valence-corrected chi connectivity index (χ1v) is 9.71. The lowest BCUT2D eigenvalue weighted by Gasteiger charge is -2.08. The van der Waals surface area contributed by atoms with Crippen LogP contribution in [0.4, 0.5) is 23.0 Å². The van der Waals surface area contributed by atoms with Gasteiger partial charge >= 0.3 is 0 Å². The first-order chi connectivity index (χ1) is 14.7. The fourth-order valence-electron chi connectivity index (χ4n) is 1.93. The number of hydrazine groups is 2. The van der Waals surface area contributed by atoms with E-state index in [1.165, 1.54) is 36.4 Å². The van der Waals surface area contributed by atoms with Crippen LogP contribution in [0.2, 0.25) is 0 Å². The third-order valence-corrected chi connectivity index (χ3v) is 4.70. The number of nitrogens with one attached hydrogen (secondary N) is 3. The molecule has 0 unspecified atom stereocenters. The summed E-state index contributed by atoms with van der Waals surface area (Å²) >= 11 is 0. The van der Waals surface area contributed by atoms with Gasteiger partial charge in [-0.05, 0) is 24.3 Å². The van der Waals surface area contributed by atoms with E-state index in [9.17, 15) is 28.6 Å². The second kappa shape index (κ2) is 10.5. The first kappa shape index (κ1) is 23.1. The van der Waals surface area contributed by atoms with Crippen molar-refractivity contribution in [2.45, 2.75) is 4.90 Å². The van der Waals surface area contributed by atoms with Crippen molar-refractivity contribution >= 4 is 33.0 Å². The van der Waals surface area contributed by atoms with Gasteiger partial charge in [-0.2, -0.15) is 0 Å². The smallest absolute Gasteiger partial charge is 0.287 e. The number of nitro groups is 2. The summed E-state index contributed by atoms with van der Waals surface area (Å²) in [5.41, 5.74) is 4.41. The summed E-state index contributed by atoms with van der Waals surface area (Å²) < 4.78 is 23.7. The summed E-state index contributed by atoms with van der Waals surface area (Å²) in [4.78, 5) is 29.0. The predicted molar refractivity (Wildman–Crippen MR) is 110 cm³/mol. The van der Waals surface area contributed by atoms with Crippen molar-refractivity contribution in [1.29, 1.82) is 0 Å². The average Bonchev–Trinajstić information content (AvgIpc) is 2.79. The molecule has 2 heterocycles. The van der Waals surface area contributed by atoms with E-state index in [0.29, 0.717) is 5.82 Å². The van der Waals surface area contributed by atoms with Gasteiger partial charge in [0.15, 0.2) is 0 Å². The molecular formula is C16H16N8O6S. The van der Waals surface area contributed by atoms with E-state index >= 15 is 0 Å². The van der Waals surface area contributed by atoms with Crippen molar-refractivity contribution in [2.75, 3.05) is 10.9 Å². The largest absolute Gasteiger partial charge is 0.308 e. The number of nitrogens with zero attached hydrogens (tertiary/aromatic N) is 4.